The van der Waals surface area contributed by atoms with Crippen LogP contribution >= 0.6 is 46.9 Å². The lowest BCUT2D eigenvalue weighted by Crippen LogP contribution is -1.89. The van der Waals surface area contributed by atoms with Crippen LogP contribution in [-0.4, -0.2) is 4.98 Å². The molecule has 0 fully saturated rings. The second-order valence-corrected chi connectivity index (χ2v) is 5.19. The fourth-order valence-corrected chi connectivity index (χ4v) is 2.61. The van der Waals surface area contributed by atoms with Crippen molar-refractivity contribution in [3.05, 3.63) is 40.0 Å². The maximum absolute atomic E-state index is 5.89. The van der Waals surface area contributed by atoms with Gasteiger partial charge in [-0.25, -0.2) is 0 Å². The summed E-state index contributed by atoms with van der Waals surface area (Å²) in [5.41, 5.74) is 3.13. The zero-order chi connectivity index (χ0) is 10.8. The zero-order valence-electron chi connectivity index (χ0n) is 8.54. The Bertz CT molecular complexity index is 482. The Morgan fingerprint density at radius 1 is 1.38 bits per heavy atom. The molecule has 1 nitrogen and oxygen atoms in total. The molecule has 0 radical (unpaired) electrons. The van der Waals surface area contributed by atoms with E-state index in [0.717, 1.165) is 26.0 Å². The van der Waals surface area contributed by atoms with E-state index < -0.39 is 0 Å². The van der Waals surface area contributed by atoms with E-state index in [0.29, 0.717) is 5.88 Å². The molecule has 16 heavy (non-hydrogen) atoms. The Kier molecular flexibility index (Phi) is 5.06. The van der Waals surface area contributed by atoms with Gasteiger partial charge in [0, 0.05) is 28.2 Å². The second-order valence-electron chi connectivity index (χ2n) is 3.21. The Balaban J connectivity index is 0.00000128. The Hall–Kier alpha value is -0.280. The van der Waals surface area contributed by atoms with Crippen LogP contribution < -0.4 is 0 Å². The Morgan fingerprint density at radius 2 is 2.12 bits per heavy atom. The van der Waals surface area contributed by atoms with E-state index in [1.165, 1.54) is 0 Å². The lowest BCUT2D eigenvalue weighted by Gasteiger charge is -2.03. The average Bonchev–Trinajstić information content (AvgIpc) is 2.66. The molecule has 0 spiro atoms. The van der Waals surface area contributed by atoms with E-state index in [-0.39, 0.29) is 12.4 Å². The van der Waals surface area contributed by atoms with Gasteiger partial charge in [-0.05, 0) is 30.7 Å². The predicted octanol–water partition coefficient (Wildman–Crippen LogP) is 4.93. The number of thiophene rings is 1. The van der Waals surface area contributed by atoms with Crippen LogP contribution in [0.3, 0.4) is 0 Å². The third-order valence-corrected chi connectivity index (χ3v) is 3.76. The highest BCUT2D eigenvalue weighted by molar-refractivity contribution is 7.19. The van der Waals surface area contributed by atoms with Crippen molar-refractivity contribution in [1.82, 2.24) is 4.98 Å². The van der Waals surface area contributed by atoms with E-state index in [9.17, 15) is 0 Å². The number of aromatic nitrogens is 1. The van der Waals surface area contributed by atoms with E-state index in [4.69, 9.17) is 23.2 Å². The van der Waals surface area contributed by atoms with Crippen LogP contribution in [0.15, 0.2) is 24.4 Å². The summed E-state index contributed by atoms with van der Waals surface area (Å²) in [7, 11) is 0. The van der Waals surface area contributed by atoms with Crippen LogP contribution in [0.25, 0.3) is 10.4 Å². The summed E-state index contributed by atoms with van der Waals surface area (Å²) in [6.45, 7) is 1.96. The van der Waals surface area contributed by atoms with Gasteiger partial charge in [-0.15, -0.1) is 35.3 Å². The minimum Gasteiger partial charge on any atom is -0.261 e. The van der Waals surface area contributed by atoms with Crippen LogP contribution in [0.1, 0.15) is 11.3 Å². The number of halogens is 3. The lowest BCUT2D eigenvalue weighted by molar-refractivity contribution is 1.14. The van der Waals surface area contributed by atoms with Gasteiger partial charge in [0.1, 0.15) is 0 Å². The van der Waals surface area contributed by atoms with Gasteiger partial charge in [0.05, 0.1) is 4.34 Å². The molecule has 0 aromatic carbocycles. The first kappa shape index (κ1) is 13.8. The predicted molar refractivity (Wildman–Crippen MR) is 74.1 cm³/mol. The summed E-state index contributed by atoms with van der Waals surface area (Å²) in [6, 6.07) is 5.95. The minimum absolute atomic E-state index is 0. The van der Waals surface area contributed by atoms with Gasteiger partial charge in [0.15, 0.2) is 0 Å². The summed E-state index contributed by atoms with van der Waals surface area (Å²) in [6.07, 6.45) is 1.85. The van der Waals surface area contributed by atoms with Gasteiger partial charge in [-0.3, -0.25) is 4.98 Å². The summed E-state index contributed by atoms with van der Waals surface area (Å²) in [4.78, 5) is 5.44. The van der Waals surface area contributed by atoms with Gasteiger partial charge in [-0.2, -0.15) is 0 Å². The maximum Gasteiger partial charge on any atom is 0.0934 e. The quantitative estimate of drug-likeness (QED) is 0.715. The average molecular weight is 295 g/mol. The molecule has 0 N–H and O–H groups in total. The number of aryl methyl sites for hydroxylation is 1. The molecule has 0 aliphatic heterocycles. The van der Waals surface area contributed by atoms with Crippen molar-refractivity contribution in [2.75, 3.05) is 0 Å². The zero-order valence-corrected chi connectivity index (χ0v) is 11.7. The number of hydrogen-bond donors (Lipinski definition) is 0. The molecular weight excluding hydrogens is 285 g/mol. The summed E-state index contributed by atoms with van der Waals surface area (Å²) in [5, 5.41) is 0. The first-order chi connectivity index (χ1) is 7.20. The normalized spacial score (nSPS) is 9.94. The molecule has 0 aliphatic rings. The van der Waals surface area contributed by atoms with Crippen molar-refractivity contribution in [3.63, 3.8) is 0 Å². The van der Waals surface area contributed by atoms with Crippen LogP contribution in [-0.2, 0) is 5.88 Å². The molecule has 5 heteroatoms. The van der Waals surface area contributed by atoms with Gasteiger partial charge >= 0.3 is 0 Å². The molecular formula is C11H10Cl3NS. The first-order valence-corrected chi connectivity index (χ1v) is 6.21. The summed E-state index contributed by atoms with van der Waals surface area (Å²) in [5.74, 6) is 0.492. The molecule has 0 unspecified atom stereocenters. The third-order valence-electron chi connectivity index (χ3n) is 2.19. The molecule has 0 amide bonds. The molecule has 2 heterocycles. The van der Waals surface area contributed by atoms with Crippen molar-refractivity contribution >= 4 is 46.9 Å². The standard InChI is InChI=1S/C11H9Cl2NS.ClH/c1-7-8(5-12)4-9(6-14-7)10-2-3-11(13)15-10;/h2-4,6H,5H2,1H3;1H. The van der Waals surface area contributed by atoms with Crippen molar-refractivity contribution in [2.24, 2.45) is 0 Å². The van der Waals surface area contributed by atoms with Crippen molar-refractivity contribution in [2.45, 2.75) is 12.8 Å². The SMILES string of the molecule is Cc1ncc(-c2ccc(Cl)s2)cc1CCl.Cl. The molecule has 0 bridgehead atoms. The molecule has 2 aromatic heterocycles. The summed E-state index contributed by atoms with van der Waals surface area (Å²) < 4.78 is 0.790. The maximum atomic E-state index is 5.89. The van der Waals surface area contributed by atoms with E-state index in [1.54, 1.807) is 11.3 Å². The molecule has 0 atom stereocenters. The van der Waals surface area contributed by atoms with E-state index in [1.807, 2.05) is 25.3 Å². The highest BCUT2D eigenvalue weighted by atomic mass is 35.5. The molecule has 0 saturated carbocycles. The van der Waals surface area contributed by atoms with Gasteiger partial charge in [0.25, 0.3) is 0 Å². The largest absolute Gasteiger partial charge is 0.261 e. The van der Waals surface area contributed by atoms with E-state index >= 15 is 0 Å². The number of hydrogen-bond acceptors (Lipinski definition) is 2. The smallest absolute Gasteiger partial charge is 0.0934 e. The number of rotatable bonds is 2. The van der Waals surface area contributed by atoms with Crippen LogP contribution in [0.2, 0.25) is 4.34 Å². The summed E-state index contributed by atoms with van der Waals surface area (Å²) >= 11 is 13.3. The highest BCUT2D eigenvalue weighted by Gasteiger charge is 2.05. The number of alkyl halides is 1. The third kappa shape index (κ3) is 2.89. The van der Waals surface area contributed by atoms with Crippen molar-refractivity contribution in [1.29, 1.82) is 0 Å². The Labute approximate surface area is 115 Å². The topological polar surface area (TPSA) is 12.9 Å². The fraction of sp³-hybridized carbons (Fsp3) is 0.182. The fourth-order valence-electron chi connectivity index (χ4n) is 1.32. The monoisotopic (exact) mass is 293 g/mol. The molecule has 0 aliphatic carbocycles. The molecule has 86 valence electrons. The van der Waals surface area contributed by atoms with Crippen molar-refractivity contribution < 1.29 is 0 Å². The van der Waals surface area contributed by atoms with Gasteiger partial charge in [0.2, 0.25) is 0 Å². The van der Waals surface area contributed by atoms with Gasteiger partial charge in [-0.1, -0.05) is 11.6 Å². The minimum atomic E-state index is 0. The Morgan fingerprint density at radius 3 is 2.69 bits per heavy atom. The van der Waals surface area contributed by atoms with Crippen LogP contribution in [0.5, 0.6) is 0 Å². The van der Waals surface area contributed by atoms with Crippen LogP contribution in [0, 0.1) is 6.92 Å². The second kappa shape index (κ2) is 5.87. The number of pyridine rings is 1. The number of nitrogens with zero attached hydrogens (tertiary/aromatic N) is 1. The van der Waals surface area contributed by atoms with Crippen molar-refractivity contribution in [3.8, 4) is 10.4 Å². The van der Waals surface area contributed by atoms with E-state index in [2.05, 4.69) is 11.1 Å². The molecule has 2 aromatic rings. The lowest BCUT2D eigenvalue weighted by atomic mass is 10.1. The van der Waals surface area contributed by atoms with Crippen LogP contribution in [0.4, 0.5) is 0 Å². The molecule has 0 saturated heterocycles. The van der Waals surface area contributed by atoms with Gasteiger partial charge < -0.3 is 0 Å². The highest BCUT2D eigenvalue weighted by Crippen LogP contribution is 2.31. The molecule has 2 rings (SSSR count). The first-order valence-electron chi connectivity index (χ1n) is 4.48.